The summed E-state index contributed by atoms with van der Waals surface area (Å²) in [4.78, 5) is 15.9. The maximum absolute atomic E-state index is 11.6. The van der Waals surface area contributed by atoms with Crippen molar-refractivity contribution in [1.29, 1.82) is 0 Å². The Morgan fingerprint density at radius 2 is 1.81 bits per heavy atom. The fraction of sp³-hybridized carbons (Fsp3) is 0.588. The van der Waals surface area contributed by atoms with Crippen LogP contribution < -0.4 is 0 Å². The van der Waals surface area contributed by atoms with Gasteiger partial charge in [-0.05, 0) is 38.3 Å². The lowest BCUT2D eigenvalue weighted by molar-refractivity contribution is 0.0792. The number of amides is 1. The molecule has 0 atom stereocenters. The highest BCUT2D eigenvalue weighted by Gasteiger charge is 2.21. The highest BCUT2D eigenvalue weighted by molar-refractivity contribution is 5.67. The van der Waals surface area contributed by atoms with Crippen molar-refractivity contribution in [1.82, 2.24) is 9.80 Å². The van der Waals surface area contributed by atoms with Gasteiger partial charge in [-0.25, -0.2) is 4.79 Å². The maximum Gasteiger partial charge on any atom is 0.409 e. The highest BCUT2D eigenvalue weighted by atomic mass is 16.6. The second kappa shape index (κ2) is 8.67. The summed E-state index contributed by atoms with van der Waals surface area (Å²) in [5.74, 6) is 0. The molecule has 0 saturated carbocycles. The molecule has 1 aromatic carbocycles. The Hall–Kier alpha value is -1.55. The molecule has 2 rings (SSSR count). The molecule has 0 aromatic heterocycles. The van der Waals surface area contributed by atoms with Crippen LogP contribution in [0.15, 0.2) is 30.3 Å². The topological polar surface area (TPSA) is 32.8 Å². The van der Waals surface area contributed by atoms with Crippen LogP contribution in [0.25, 0.3) is 0 Å². The van der Waals surface area contributed by atoms with E-state index in [1.807, 2.05) is 11.8 Å². The van der Waals surface area contributed by atoms with Crippen molar-refractivity contribution < 1.29 is 9.53 Å². The van der Waals surface area contributed by atoms with Gasteiger partial charge in [0.25, 0.3) is 0 Å². The second-order valence-electron chi connectivity index (χ2n) is 5.47. The standard InChI is InChI=1S/C17H26N2O2/c1-2-21-17(20)19-14-12-18(13-15-19)11-7-6-10-16-8-4-3-5-9-16/h3-5,8-9H,2,6-7,10-15H2,1H3. The van der Waals surface area contributed by atoms with E-state index in [1.54, 1.807) is 0 Å². The first-order chi connectivity index (χ1) is 10.3. The molecule has 0 aliphatic carbocycles. The molecule has 116 valence electrons. The Morgan fingerprint density at radius 1 is 1.10 bits per heavy atom. The summed E-state index contributed by atoms with van der Waals surface area (Å²) in [5.41, 5.74) is 1.42. The van der Waals surface area contributed by atoms with Crippen LogP contribution in [0.2, 0.25) is 0 Å². The van der Waals surface area contributed by atoms with E-state index in [0.29, 0.717) is 6.61 Å². The van der Waals surface area contributed by atoms with Crippen LogP contribution in [0.3, 0.4) is 0 Å². The van der Waals surface area contributed by atoms with Gasteiger partial charge in [0.1, 0.15) is 0 Å². The number of rotatable bonds is 6. The number of carbonyl (C=O) groups excluding carboxylic acids is 1. The zero-order chi connectivity index (χ0) is 14.9. The van der Waals surface area contributed by atoms with E-state index < -0.39 is 0 Å². The Balaban J connectivity index is 1.58. The highest BCUT2D eigenvalue weighted by Crippen LogP contribution is 2.08. The van der Waals surface area contributed by atoms with Crippen molar-refractivity contribution in [2.75, 3.05) is 39.3 Å². The van der Waals surface area contributed by atoms with E-state index in [-0.39, 0.29) is 6.09 Å². The summed E-state index contributed by atoms with van der Waals surface area (Å²) in [5, 5.41) is 0. The number of unbranched alkanes of at least 4 members (excludes halogenated alkanes) is 1. The third-order valence-electron chi connectivity index (χ3n) is 3.93. The zero-order valence-electron chi connectivity index (χ0n) is 13.0. The number of ether oxygens (including phenoxy) is 1. The van der Waals surface area contributed by atoms with Crippen LogP contribution in [-0.4, -0.2) is 55.2 Å². The van der Waals surface area contributed by atoms with Crippen LogP contribution in [0.1, 0.15) is 25.3 Å². The van der Waals surface area contributed by atoms with Gasteiger partial charge in [0.2, 0.25) is 0 Å². The fourth-order valence-corrected chi connectivity index (χ4v) is 2.68. The molecule has 0 spiro atoms. The first kappa shape index (κ1) is 15.8. The molecular weight excluding hydrogens is 264 g/mol. The molecule has 1 heterocycles. The van der Waals surface area contributed by atoms with E-state index in [2.05, 4.69) is 35.2 Å². The lowest BCUT2D eigenvalue weighted by Crippen LogP contribution is -2.49. The largest absolute Gasteiger partial charge is 0.450 e. The van der Waals surface area contributed by atoms with Crippen LogP contribution in [0, 0.1) is 0 Å². The van der Waals surface area contributed by atoms with Gasteiger partial charge < -0.3 is 9.64 Å². The van der Waals surface area contributed by atoms with Gasteiger partial charge in [0, 0.05) is 26.2 Å². The van der Waals surface area contributed by atoms with Crippen molar-refractivity contribution in [3.05, 3.63) is 35.9 Å². The first-order valence-corrected chi connectivity index (χ1v) is 7.97. The molecule has 0 N–H and O–H groups in total. The Labute approximate surface area is 127 Å². The second-order valence-corrected chi connectivity index (χ2v) is 5.47. The molecule has 21 heavy (non-hydrogen) atoms. The lowest BCUT2D eigenvalue weighted by atomic mass is 10.1. The van der Waals surface area contributed by atoms with Crippen molar-refractivity contribution in [3.8, 4) is 0 Å². The average Bonchev–Trinajstić information content (AvgIpc) is 2.53. The number of nitrogens with zero attached hydrogens (tertiary/aromatic N) is 2. The van der Waals surface area contributed by atoms with Crippen molar-refractivity contribution in [2.45, 2.75) is 26.2 Å². The predicted octanol–water partition coefficient (Wildman–Crippen LogP) is 2.78. The summed E-state index contributed by atoms with van der Waals surface area (Å²) in [6.45, 7) is 6.94. The molecule has 4 heteroatoms. The Bertz CT molecular complexity index is 414. The van der Waals surface area contributed by atoms with Gasteiger partial charge in [-0.15, -0.1) is 0 Å². The van der Waals surface area contributed by atoms with E-state index in [0.717, 1.165) is 39.1 Å². The molecule has 1 aliphatic heterocycles. The van der Waals surface area contributed by atoms with Gasteiger partial charge >= 0.3 is 6.09 Å². The summed E-state index contributed by atoms with van der Waals surface area (Å²) in [6.07, 6.45) is 3.43. The summed E-state index contributed by atoms with van der Waals surface area (Å²) in [6, 6.07) is 10.6. The molecule has 1 aromatic rings. The first-order valence-electron chi connectivity index (χ1n) is 7.97. The molecule has 1 saturated heterocycles. The lowest BCUT2D eigenvalue weighted by Gasteiger charge is -2.34. The van der Waals surface area contributed by atoms with Gasteiger partial charge in [0.15, 0.2) is 0 Å². The van der Waals surface area contributed by atoms with Gasteiger partial charge in [0.05, 0.1) is 6.61 Å². The van der Waals surface area contributed by atoms with E-state index in [9.17, 15) is 4.79 Å². The van der Waals surface area contributed by atoms with Crippen LogP contribution in [-0.2, 0) is 11.2 Å². The minimum absolute atomic E-state index is 0.166. The number of carbonyl (C=O) groups is 1. The normalized spacial score (nSPS) is 16.0. The molecule has 1 fully saturated rings. The van der Waals surface area contributed by atoms with Crippen molar-refractivity contribution >= 4 is 6.09 Å². The number of hydrogen-bond acceptors (Lipinski definition) is 3. The van der Waals surface area contributed by atoms with Gasteiger partial charge in [-0.1, -0.05) is 30.3 Å². The van der Waals surface area contributed by atoms with E-state index in [4.69, 9.17) is 4.74 Å². The Kier molecular flexibility index (Phi) is 6.54. The number of benzene rings is 1. The monoisotopic (exact) mass is 290 g/mol. The number of hydrogen-bond donors (Lipinski definition) is 0. The summed E-state index contributed by atoms with van der Waals surface area (Å²) < 4.78 is 5.03. The zero-order valence-corrected chi connectivity index (χ0v) is 13.0. The maximum atomic E-state index is 11.6. The average molecular weight is 290 g/mol. The SMILES string of the molecule is CCOC(=O)N1CCN(CCCCc2ccccc2)CC1. The fourth-order valence-electron chi connectivity index (χ4n) is 2.68. The minimum Gasteiger partial charge on any atom is -0.450 e. The van der Waals surface area contributed by atoms with Gasteiger partial charge in [-0.2, -0.15) is 0 Å². The molecule has 4 nitrogen and oxygen atoms in total. The van der Waals surface area contributed by atoms with E-state index in [1.165, 1.54) is 18.4 Å². The van der Waals surface area contributed by atoms with Crippen molar-refractivity contribution in [2.24, 2.45) is 0 Å². The predicted molar refractivity (Wildman–Crippen MR) is 84.4 cm³/mol. The van der Waals surface area contributed by atoms with E-state index >= 15 is 0 Å². The Morgan fingerprint density at radius 3 is 2.48 bits per heavy atom. The van der Waals surface area contributed by atoms with Crippen LogP contribution in [0.4, 0.5) is 4.79 Å². The van der Waals surface area contributed by atoms with Crippen LogP contribution in [0.5, 0.6) is 0 Å². The molecule has 0 bridgehead atoms. The summed E-state index contributed by atoms with van der Waals surface area (Å²) in [7, 11) is 0. The number of aryl methyl sites for hydroxylation is 1. The summed E-state index contributed by atoms with van der Waals surface area (Å²) >= 11 is 0. The third-order valence-corrected chi connectivity index (χ3v) is 3.93. The van der Waals surface area contributed by atoms with Gasteiger partial charge in [-0.3, -0.25) is 4.90 Å². The number of piperazine rings is 1. The molecular formula is C17H26N2O2. The molecule has 1 amide bonds. The smallest absolute Gasteiger partial charge is 0.409 e. The quantitative estimate of drug-likeness (QED) is 0.755. The van der Waals surface area contributed by atoms with Crippen LogP contribution >= 0.6 is 0 Å². The van der Waals surface area contributed by atoms with Crippen molar-refractivity contribution in [3.63, 3.8) is 0 Å². The minimum atomic E-state index is -0.166. The molecule has 0 unspecified atom stereocenters. The molecule has 0 radical (unpaired) electrons. The third kappa shape index (κ3) is 5.38. The molecule has 1 aliphatic rings.